The highest BCUT2D eigenvalue weighted by molar-refractivity contribution is 6.09. The number of rotatable bonds is 8. The predicted octanol–water partition coefficient (Wildman–Crippen LogP) is 5.07. The fourth-order valence-electron chi connectivity index (χ4n) is 3.12. The van der Waals surface area contributed by atoms with Crippen LogP contribution in [0, 0.1) is 0 Å². The maximum atomic E-state index is 13.0. The Morgan fingerprint density at radius 1 is 0.867 bits per heavy atom. The third kappa shape index (κ3) is 6.83. The molecule has 0 spiro atoms. The van der Waals surface area contributed by atoms with Gasteiger partial charge in [-0.1, -0.05) is 48.5 Å². The van der Waals surface area contributed by atoms with Gasteiger partial charge in [0, 0.05) is 35.1 Å². The zero-order valence-electron chi connectivity index (χ0n) is 17.0. The smallest absolute Gasteiger partial charge is 0.354 e. The third-order valence-corrected chi connectivity index (χ3v) is 4.56. The van der Waals surface area contributed by atoms with Crippen LogP contribution in [-0.2, 0) is 4.79 Å². The van der Waals surface area contributed by atoms with Gasteiger partial charge in [-0.2, -0.15) is 13.2 Å². The van der Waals surface area contributed by atoms with Crippen LogP contribution in [0.25, 0.3) is 0 Å². The molecule has 1 amide bonds. The van der Waals surface area contributed by atoms with Crippen molar-refractivity contribution < 1.29 is 27.6 Å². The van der Waals surface area contributed by atoms with Gasteiger partial charge in [-0.05, 0) is 26.3 Å². The third-order valence-electron chi connectivity index (χ3n) is 4.56. The van der Waals surface area contributed by atoms with E-state index in [2.05, 4.69) is 5.32 Å². The van der Waals surface area contributed by atoms with Crippen LogP contribution in [0.4, 0.5) is 13.2 Å². The van der Waals surface area contributed by atoms with E-state index < -0.39 is 24.4 Å². The maximum Gasteiger partial charge on any atom is 0.389 e. The molecule has 30 heavy (non-hydrogen) atoms. The largest absolute Gasteiger partial charge is 0.389 e. The van der Waals surface area contributed by atoms with E-state index >= 15 is 0 Å². The van der Waals surface area contributed by atoms with E-state index in [1.807, 2.05) is 0 Å². The molecule has 0 fully saturated rings. The molecule has 2 aromatic carbocycles. The molecule has 2 aromatic rings. The zero-order chi connectivity index (χ0) is 22.5. The molecule has 0 heterocycles. The highest BCUT2D eigenvalue weighted by Crippen LogP contribution is 2.33. The van der Waals surface area contributed by atoms with Crippen molar-refractivity contribution >= 4 is 17.5 Å². The molecule has 0 radical (unpaired) electrons. The summed E-state index contributed by atoms with van der Waals surface area (Å²) in [7, 11) is 0. The number of halogens is 3. The number of hydrogen-bond donors (Lipinski definition) is 1. The summed E-state index contributed by atoms with van der Waals surface area (Å²) in [4.78, 5) is 35.9. The van der Waals surface area contributed by atoms with Gasteiger partial charge in [-0.15, -0.1) is 0 Å². The summed E-state index contributed by atoms with van der Waals surface area (Å²) in [5.74, 6) is -1.91. The second kappa shape index (κ2) is 9.69. The lowest BCUT2D eigenvalue weighted by atomic mass is 9.90. The van der Waals surface area contributed by atoms with Crippen LogP contribution in [0.1, 0.15) is 71.4 Å². The summed E-state index contributed by atoms with van der Waals surface area (Å²) in [6.45, 7) is 4.90. The van der Waals surface area contributed by atoms with E-state index in [9.17, 15) is 27.6 Å². The molecule has 4 nitrogen and oxygen atoms in total. The molecule has 0 saturated heterocycles. The van der Waals surface area contributed by atoms with Crippen molar-refractivity contribution in [3.05, 3.63) is 70.8 Å². The van der Waals surface area contributed by atoms with E-state index in [0.717, 1.165) is 0 Å². The van der Waals surface area contributed by atoms with E-state index in [1.165, 1.54) is 43.3 Å². The van der Waals surface area contributed by atoms with Gasteiger partial charge in [0.15, 0.2) is 11.6 Å². The first kappa shape index (κ1) is 23.3. The summed E-state index contributed by atoms with van der Waals surface area (Å²) in [5.41, 5.74) is 1.51. The molecule has 160 valence electrons. The standard InChI is InChI=1S/C23H24F3NO3/c1-14(2)27-21(29)12-20(13-23(24,25)26)17-6-10-19(11-7-17)22(30)18-8-4-16(5-9-18)15(3)28/h4-11,14,20H,12-13H2,1-3H3,(H,27,29). The maximum absolute atomic E-state index is 13.0. The minimum absolute atomic E-state index is 0.115. The van der Waals surface area contributed by atoms with Gasteiger partial charge in [0.25, 0.3) is 0 Å². The Kier molecular flexibility index (Phi) is 7.54. The first-order valence-corrected chi connectivity index (χ1v) is 9.58. The Balaban J connectivity index is 2.21. The van der Waals surface area contributed by atoms with Crippen molar-refractivity contribution in [1.82, 2.24) is 5.32 Å². The van der Waals surface area contributed by atoms with Crippen LogP contribution in [0.2, 0.25) is 0 Å². The molecule has 1 atom stereocenters. The quantitative estimate of drug-likeness (QED) is 0.608. The number of Topliss-reactive ketones (excluding diaryl/α,β-unsaturated/α-hetero) is 1. The van der Waals surface area contributed by atoms with E-state index in [1.54, 1.807) is 26.0 Å². The summed E-state index contributed by atoms with van der Waals surface area (Å²) in [6, 6.07) is 11.8. The van der Waals surface area contributed by atoms with E-state index in [4.69, 9.17) is 0 Å². The van der Waals surface area contributed by atoms with Gasteiger partial charge in [0.1, 0.15) is 0 Å². The molecular weight excluding hydrogens is 395 g/mol. The molecule has 2 rings (SSSR count). The number of alkyl halides is 3. The minimum atomic E-state index is -4.42. The zero-order valence-corrected chi connectivity index (χ0v) is 17.0. The molecule has 0 saturated carbocycles. The average molecular weight is 419 g/mol. The monoisotopic (exact) mass is 419 g/mol. The van der Waals surface area contributed by atoms with E-state index in [0.29, 0.717) is 22.3 Å². The van der Waals surface area contributed by atoms with Crippen LogP contribution in [-0.4, -0.2) is 29.7 Å². The second-order valence-electron chi connectivity index (χ2n) is 7.53. The highest BCUT2D eigenvalue weighted by Gasteiger charge is 2.33. The van der Waals surface area contributed by atoms with Crippen molar-refractivity contribution in [1.29, 1.82) is 0 Å². The van der Waals surface area contributed by atoms with Crippen molar-refractivity contribution in [2.45, 2.75) is 51.7 Å². The van der Waals surface area contributed by atoms with Crippen LogP contribution in [0.15, 0.2) is 48.5 Å². The van der Waals surface area contributed by atoms with E-state index in [-0.39, 0.29) is 24.0 Å². The molecule has 0 bridgehead atoms. The number of nitrogens with one attached hydrogen (secondary N) is 1. The summed E-state index contributed by atoms with van der Waals surface area (Å²) in [5, 5.41) is 2.61. The number of benzene rings is 2. The molecule has 0 aliphatic carbocycles. The summed E-state index contributed by atoms with van der Waals surface area (Å²) >= 11 is 0. The van der Waals surface area contributed by atoms with Crippen LogP contribution in [0.3, 0.4) is 0 Å². The number of ketones is 2. The summed E-state index contributed by atoms with van der Waals surface area (Å²) in [6.07, 6.45) is -5.84. The highest BCUT2D eigenvalue weighted by atomic mass is 19.4. The second-order valence-corrected chi connectivity index (χ2v) is 7.53. The van der Waals surface area contributed by atoms with Gasteiger partial charge >= 0.3 is 6.18 Å². The number of carbonyl (C=O) groups is 3. The fraction of sp³-hybridized carbons (Fsp3) is 0.348. The van der Waals surface area contributed by atoms with Crippen molar-refractivity contribution in [3.8, 4) is 0 Å². The topological polar surface area (TPSA) is 63.2 Å². The molecule has 0 aliphatic rings. The average Bonchev–Trinajstić information content (AvgIpc) is 2.65. The molecule has 7 heteroatoms. The first-order valence-electron chi connectivity index (χ1n) is 9.58. The number of carbonyl (C=O) groups excluding carboxylic acids is 3. The Morgan fingerprint density at radius 2 is 1.33 bits per heavy atom. The normalized spacial score (nSPS) is 12.5. The summed E-state index contributed by atoms with van der Waals surface area (Å²) < 4.78 is 39.0. The molecular formula is C23H24F3NO3. The Labute approximate surface area is 173 Å². The minimum Gasteiger partial charge on any atom is -0.354 e. The van der Waals surface area contributed by atoms with Crippen LogP contribution >= 0.6 is 0 Å². The Morgan fingerprint density at radius 3 is 1.77 bits per heavy atom. The predicted molar refractivity (Wildman–Crippen MR) is 108 cm³/mol. The molecule has 1 unspecified atom stereocenters. The number of hydrogen-bond acceptors (Lipinski definition) is 3. The fourth-order valence-corrected chi connectivity index (χ4v) is 3.12. The lowest BCUT2D eigenvalue weighted by molar-refractivity contribution is -0.141. The number of amides is 1. The van der Waals surface area contributed by atoms with Gasteiger partial charge < -0.3 is 5.32 Å². The van der Waals surface area contributed by atoms with Gasteiger partial charge in [0.05, 0.1) is 6.42 Å². The van der Waals surface area contributed by atoms with Gasteiger partial charge in [-0.3, -0.25) is 14.4 Å². The first-order chi connectivity index (χ1) is 14.0. The molecule has 0 aliphatic heterocycles. The molecule has 0 aromatic heterocycles. The lowest BCUT2D eigenvalue weighted by Gasteiger charge is -2.20. The van der Waals surface area contributed by atoms with Gasteiger partial charge in [-0.25, -0.2) is 0 Å². The van der Waals surface area contributed by atoms with Crippen molar-refractivity contribution in [2.24, 2.45) is 0 Å². The van der Waals surface area contributed by atoms with Crippen molar-refractivity contribution in [2.75, 3.05) is 0 Å². The lowest BCUT2D eigenvalue weighted by Crippen LogP contribution is -2.32. The van der Waals surface area contributed by atoms with Gasteiger partial charge in [0.2, 0.25) is 5.91 Å². The molecule has 1 N–H and O–H groups in total. The van der Waals surface area contributed by atoms with Crippen LogP contribution in [0.5, 0.6) is 0 Å². The van der Waals surface area contributed by atoms with Crippen LogP contribution < -0.4 is 5.32 Å². The van der Waals surface area contributed by atoms with Crippen molar-refractivity contribution in [3.63, 3.8) is 0 Å². The Hall–Kier alpha value is -2.96. The Bertz CT molecular complexity index is 901. The SMILES string of the molecule is CC(=O)c1ccc(C(=O)c2ccc(C(CC(=O)NC(C)C)CC(F)(F)F)cc2)cc1.